The number of phenolic OH excluding ortho intramolecular Hbond substituents is 1. The third-order valence-corrected chi connectivity index (χ3v) is 4.87. The number of phenols is 1. The van der Waals surface area contributed by atoms with E-state index in [0.717, 1.165) is 12.8 Å². The van der Waals surface area contributed by atoms with Crippen LogP contribution in [0.5, 0.6) is 5.75 Å². The number of aryl methyl sites for hydroxylation is 2. The lowest BCUT2D eigenvalue weighted by molar-refractivity contribution is 0.171. The molecule has 0 aliphatic carbocycles. The molecule has 5 nitrogen and oxygen atoms in total. The maximum Gasteiger partial charge on any atom is 0.248 e. The van der Waals surface area contributed by atoms with Crippen LogP contribution in [0.4, 0.5) is 0 Å². The van der Waals surface area contributed by atoms with Crippen molar-refractivity contribution in [1.82, 2.24) is 10.3 Å². The van der Waals surface area contributed by atoms with Gasteiger partial charge in [0.1, 0.15) is 5.75 Å². The largest absolute Gasteiger partial charge is 0.506 e. The van der Waals surface area contributed by atoms with Crippen LogP contribution in [0, 0.1) is 6.92 Å². The van der Waals surface area contributed by atoms with Gasteiger partial charge in [-0.15, -0.1) is 12.4 Å². The maximum absolute atomic E-state index is 11.5. The van der Waals surface area contributed by atoms with E-state index in [1.54, 1.807) is 12.1 Å². The second-order valence-corrected chi connectivity index (χ2v) is 7.14. The highest BCUT2D eigenvalue weighted by Gasteiger charge is 2.15. The van der Waals surface area contributed by atoms with E-state index in [9.17, 15) is 15.0 Å². The summed E-state index contributed by atoms with van der Waals surface area (Å²) >= 11 is 0. The van der Waals surface area contributed by atoms with Crippen LogP contribution in [-0.4, -0.2) is 27.8 Å². The molecule has 0 fully saturated rings. The minimum Gasteiger partial charge on any atom is -0.506 e. The van der Waals surface area contributed by atoms with Crippen LogP contribution < -0.4 is 10.9 Å². The van der Waals surface area contributed by atoms with Crippen LogP contribution in [0.2, 0.25) is 0 Å². The number of nitrogens with one attached hydrogen (secondary N) is 2. The maximum atomic E-state index is 11.5. The van der Waals surface area contributed by atoms with Gasteiger partial charge in [0.2, 0.25) is 5.56 Å². The number of aromatic hydroxyl groups is 1. The number of hydrogen-bond acceptors (Lipinski definition) is 4. The molecule has 0 aliphatic heterocycles. The van der Waals surface area contributed by atoms with E-state index in [1.165, 1.54) is 23.3 Å². The summed E-state index contributed by atoms with van der Waals surface area (Å²) in [4.78, 5) is 14.1. The molecular weight excluding hydrogens is 376 g/mol. The Balaban J connectivity index is 0.00000280. The first-order valence-electron chi connectivity index (χ1n) is 9.26. The normalized spacial score (nSPS) is 13.1. The highest BCUT2D eigenvalue weighted by Crippen LogP contribution is 2.28. The summed E-state index contributed by atoms with van der Waals surface area (Å²) < 4.78 is 0. The Bertz CT molecular complexity index is 987. The van der Waals surface area contributed by atoms with Gasteiger partial charge in [0.15, 0.2) is 0 Å². The predicted octanol–water partition coefficient (Wildman–Crippen LogP) is 3.61. The number of aromatic nitrogens is 1. The van der Waals surface area contributed by atoms with E-state index in [1.807, 2.05) is 0 Å². The molecule has 0 saturated carbocycles. The summed E-state index contributed by atoms with van der Waals surface area (Å²) in [6.45, 7) is 4.60. The molecule has 28 heavy (non-hydrogen) atoms. The summed E-state index contributed by atoms with van der Waals surface area (Å²) in [7, 11) is 0. The third kappa shape index (κ3) is 5.35. The topological polar surface area (TPSA) is 85.3 Å². The first-order chi connectivity index (χ1) is 12.9. The van der Waals surface area contributed by atoms with Crippen LogP contribution in [-0.2, 0) is 6.42 Å². The van der Waals surface area contributed by atoms with E-state index < -0.39 is 6.10 Å². The van der Waals surface area contributed by atoms with Crippen molar-refractivity contribution in [2.24, 2.45) is 0 Å². The van der Waals surface area contributed by atoms with Crippen molar-refractivity contribution in [3.8, 4) is 5.75 Å². The van der Waals surface area contributed by atoms with Gasteiger partial charge in [0.25, 0.3) is 0 Å². The summed E-state index contributed by atoms with van der Waals surface area (Å²) in [5.41, 5.74) is 3.33. The number of fused-ring (bicyclic) bond motifs is 1. The zero-order valence-corrected chi connectivity index (χ0v) is 16.9. The molecule has 0 radical (unpaired) electrons. The van der Waals surface area contributed by atoms with Crippen LogP contribution in [0.15, 0.2) is 53.3 Å². The Morgan fingerprint density at radius 2 is 1.93 bits per heavy atom. The van der Waals surface area contributed by atoms with Crippen molar-refractivity contribution in [2.75, 3.05) is 6.54 Å². The molecule has 2 unspecified atom stereocenters. The number of aliphatic hydroxyl groups excluding tert-OH is 1. The van der Waals surface area contributed by atoms with Gasteiger partial charge in [-0.05, 0) is 49.9 Å². The average molecular weight is 403 g/mol. The highest BCUT2D eigenvalue weighted by atomic mass is 35.5. The molecule has 0 aliphatic rings. The Kier molecular flexibility index (Phi) is 7.63. The van der Waals surface area contributed by atoms with Gasteiger partial charge >= 0.3 is 0 Å². The van der Waals surface area contributed by atoms with Gasteiger partial charge in [0.05, 0.1) is 11.6 Å². The molecule has 2 atom stereocenters. The Morgan fingerprint density at radius 1 is 1.14 bits per heavy atom. The average Bonchev–Trinajstić information content (AvgIpc) is 2.65. The van der Waals surface area contributed by atoms with Crippen LogP contribution >= 0.6 is 12.4 Å². The minimum absolute atomic E-state index is 0. The zero-order chi connectivity index (χ0) is 19.4. The zero-order valence-electron chi connectivity index (χ0n) is 16.1. The van der Waals surface area contributed by atoms with E-state index in [-0.39, 0.29) is 29.8 Å². The van der Waals surface area contributed by atoms with E-state index in [0.29, 0.717) is 23.0 Å². The fourth-order valence-corrected chi connectivity index (χ4v) is 3.33. The minimum atomic E-state index is -0.736. The molecule has 1 aromatic heterocycles. The fourth-order valence-electron chi connectivity index (χ4n) is 3.33. The summed E-state index contributed by atoms with van der Waals surface area (Å²) in [6, 6.07) is 15.0. The highest BCUT2D eigenvalue weighted by molar-refractivity contribution is 5.87. The molecule has 150 valence electrons. The van der Waals surface area contributed by atoms with Crippen molar-refractivity contribution >= 4 is 23.3 Å². The van der Waals surface area contributed by atoms with Crippen molar-refractivity contribution in [1.29, 1.82) is 0 Å². The van der Waals surface area contributed by atoms with Gasteiger partial charge in [-0.3, -0.25) is 4.79 Å². The van der Waals surface area contributed by atoms with Gasteiger partial charge in [-0.2, -0.15) is 0 Å². The lowest BCUT2D eigenvalue weighted by Gasteiger charge is -2.19. The molecular formula is C22H27ClN2O3. The standard InChI is InChI=1S/C22H26N2O3.ClH/c1-14-4-3-5-16(12-14)7-6-15(2)23-13-20(26)17-8-10-19(25)22-18(17)9-11-21(27)24-22;/h3-5,8-12,15,20,23,25-26H,6-7,13H2,1-2H3,(H,24,27);1H. The van der Waals surface area contributed by atoms with Gasteiger partial charge in [-0.1, -0.05) is 35.9 Å². The van der Waals surface area contributed by atoms with Crippen molar-refractivity contribution in [3.05, 3.63) is 75.6 Å². The number of rotatable bonds is 7. The first-order valence-corrected chi connectivity index (χ1v) is 9.26. The smallest absolute Gasteiger partial charge is 0.248 e. The van der Waals surface area contributed by atoms with Crippen LogP contribution in [0.3, 0.4) is 0 Å². The lowest BCUT2D eigenvalue weighted by Crippen LogP contribution is -2.31. The molecule has 0 spiro atoms. The van der Waals surface area contributed by atoms with E-state index in [4.69, 9.17) is 0 Å². The molecule has 2 aromatic carbocycles. The lowest BCUT2D eigenvalue weighted by atomic mass is 10.0. The van der Waals surface area contributed by atoms with E-state index >= 15 is 0 Å². The van der Waals surface area contributed by atoms with Gasteiger partial charge in [0, 0.05) is 24.0 Å². The quantitative estimate of drug-likeness (QED) is 0.486. The summed E-state index contributed by atoms with van der Waals surface area (Å²) in [5, 5.41) is 24.6. The van der Waals surface area contributed by atoms with Crippen LogP contribution in [0.25, 0.3) is 10.9 Å². The fraction of sp³-hybridized carbons (Fsp3) is 0.318. The molecule has 6 heteroatoms. The van der Waals surface area contributed by atoms with Crippen molar-refractivity contribution < 1.29 is 10.2 Å². The second kappa shape index (κ2) is 9.73. The monoisotopic (exact) mass is 402 g/mol. The molecule has 0 saturated heterocycles. The predicted molar refractivity (Wildman–Crippen MR) is 115 cm³/mol. The summed E-state index contributed by atoms with van der Waals surface area (Å²) in [6.07, 6.45) is 1.22. The van der Waals surface area contributed by atoms with Crippen LogP contribution in [0.1, 0.15) is 36.1 Å². The summed E-state index contributed by atoms with van der Waals surface area (Å²) in [5.74, 6) is -0.00173. The Morgan fingerprint density at radius 3 is 2.68 bits per heavy atom. The number of halogens is 1. The number of aromatic amines is 1. The molecule has 1 heterocycles. The SMILES string of the molecule is Cc1cccc(CCC(C)NCC(O)c2ccc(O)c3[nH]c(=O)ccc23)c1.Cl. The van der Waals surface area contributed by atoms with Crippen molar-refractivity contribution in [2.45, 2.75) is 38.8 Å². The van der Waals surface area contributed by atoms with E-state index in [2.05, 4.69) is 48.4 Å². The Hall–Kier alpha value is -2.34. The van der Waals surface area contributed by atoms with Crippen molar-refractivity contribution in [3.63, 3.8) is 0 Å². The second-order valence-electron chi connectivity index (χ2n) is 7.14. The third-order valence-electron chi connectivity index (χ3n) is 4.87. The van der Waals surface area contributed by atoms with Gasteiger partial charge < -0.3 is 20.5 Å². The first kappa shape index (κ1) is 22.0. The number of aliphatic hydroxyl groups is 1. The molecule has 4 N–H and O–H groups in total. The molecule has 0 bridgehead atoms. The number of benzene rings is 2. The molecule has 0 amide bonds. The van der Waals surface area contributed by atoms with Gasteiger partial charge in [-0.25, -0.2) is 0 Å². The number of pyridine rings is 1. The Labute approximate surface area is 170 Å². The molecule has 3 rings (SSSR count). The molecule has 3 aromatic rings. The number of hydrogen-bond donors (Lipinski definition) is 4. The number of H-pyrrole nitrogens is 1.